The number of benzene rings is 1. The van der Waals surface area contributed by atoms with Gasteiger partial charge in [0.05, 0.1) is 0 Å². The Morgan fingerprint density at radius 3 is 2.55 bits per heavy atom. The van der Waals surface area contributed by atoms with Crippen molar-refractivity contribution in [2.45, 2.75) is 44.6 Å². The molecule has 0 saturated heterocycles. The Bertz CT molecular complexity index is 1040. The third kappa shape index (κ3) is 6.09. The van der Waals surface area contributed by atoms with Gasteiger partial charge in [0, 0.05) is 24.1 Å². The van der Waals surface area contributed by atoms with Crippen LogP contribution < -0.4 is 27.8 Å². The van der Waals surface area contributed by atoms with Gasteiger partial charge < -0.3 is 32.9 Å². The van der Waals surface area contributed by atoms with Gasteiger partial charge in [-0.1, -0.05) is 19.1 Å². The molecule has 3 atom stereocenters. The zero-order chi connectivity index (χ0) is 24.1. The van der Waals surface area contributed by atoms with Gasteiger partial charge in [-0.2, -0.15) is 9.97 Å². The molecule has 0 spiro atoms. The lowest BCUT2D eigenvalue weighted by molar-refractivity contribution is -0.139. The molecule has 0 bridgehead atoms. The summed E-state index contributed by atoms with van der Waals surface area (Å²) in [4.78, 5) is 42.9. The molecule has 1 aliphatic rings. The highest BCUT2D eigenvalue weighted by atomic mass is 16.4. The molecule has 2 aromatic rings. The molecular formula is C22H29N7O4. The Morgan fingerprint density at radius 2 is 1.91 bits per heavy atom. The number of nitrogen functional groups attached to an aromatic ring is 2. The standard InChI is InChI=1S/C22H29N7O4/c1-11(8-12-9-15-18(24)28-22(25)29-19(15)26-10-12)13-2-4-14(5-3-13)20(31)27-16(21(32)33)6-7-17(23)30/h2-5,11-12,16H,6-10H2,1H3,(H2,23,30)(H,27,31)(H,32,33)(H5,24,25,26,28,29)/t11?,12?,16-/m0/s1. The molecule has 33 heavy (non-hydrogen) atoms. The Morgan fingerprint density at radius 1 is 1.21 bits per heavy atom. The zero-order valence-electron chi connectivity index (χ0n) is 18.4. The summed E-state index contributed by atoms with van der Waals surface area (Å²) in [5, 5.41) is 15.0. The van der Waals surface area contributed by atoms with E-state index in [4.69, 9.17) is 17.2 Å². The van der Waals surface area contributed by atoms with Crippen LogP contribution in [-0.4, -0.2) is 45.4 Å². The third-order valence-corrected chi connectivity index (χ3v) is 5.82. The van der Waals surface area contributed by atoms with Gasteiger partial charge in [-0.3, -0.25) is 9.59 Å². The molecule has 2 heterocycles. The van der Waals surface area contributed by atoms with Crippen molar-refractivity contribution >= 4 is 35.4 Å². The number of aromatic nitrogens is 2. The molecule has 11 nitrogen and oxygen atoms in total. The second kappa shape index (κ2) is 10.2. The molecule has 0 saturated carbocycles. The number of carboxylic acids is 1. The first kappa shape index (κ1) is 23.8. The van der Waals surface area contributed by atoms with Gasteiger partial charge in [0.25, 0.3) is 5.91 Å². The number of carbonyl (C=O) groups excluding carboxylic acids is 2. The number of anilines is 3. The van der Waals surface area contributed by atoms with Gasteiger partial charge in [0.1, 0.15) is 17.7 Å². The Hall–Kier alpha value is -3.89. The smallest absolute Gasteiger partial charge is 0.326 e. The average molecular weight is 456 g/mol. The quantitative estimate of drug-likeness (QED) is 0.317. The summed E-state index contributed by atoms with van der Waals surface area (Å²) in [6, 6.07) is 5.87. The Kier molecular flexibility index (Phi) is 7.31. The van der Waals surface area contributed by atoms with Crippen LogP contribution in [0.5, 0.6) is 0 Å². The van der Waals surface area contributed by atoms with Crippen LogP contribution in [0.1, 0.15) is 53.6 Å². The van der Waals surface area contributed by atoms with E-state index >= 15 is 0 Å². The SMILES string of the molecule is CC(CC1CNc2nc(N)nc(N)c2C1)c1ccc(C(=O)N[C@@H](CCC(N)=O)C(=O)O)cc1. The van der Waals surface area contributed by atoms with E-state index < -0.39 is 23.8 Å². The lowest BCUT2D eigenvalue weighted by Gasteiger charge is -2.28. The summed E-state index contributed by atoms with van der Waals surface area (Å²) in [6.45, 7) is 2.85. The minimum atomic E-state index is -1.22. The number of aliphatic carboxylic acids is 1. The monoisotopic (exact) mass is 455 g/mol. The number of hydrogen-bond acceptors (Lipinski definition) is 8. The summed E-state index contributed by atoms with van der Waals surface area (Å²) in [7, 11) is 0. The number of nitrogens with zero attached hydrogens (tertiary/aromatic N) is 2. The van der Waals surface area contributed by atoms with Crippen LogP contribution in [-0.2, 0) is 16.0 Å². The molecule has 11 heteroatoms. The Balaban J connectivity index is 1.59. The fourth-order valence-corrected chi connectivity index (χ4v) is 4.02. The molecule has 9 N–H and O–H groups in total. The van der Waals surface area contributed by atoms with Crippen LogP contribution >= 0.6 is 0 Å². The van der Waals surface area contributed by atoms with Crippen LogP contribution in [0.15, 0.2) is 24.3 Å². The number of fused-ring (bicyclic) bond motifs is 1. The molecule has 0 fully saturated rings. The number of amides is 2. The predicted molar refractivity (Wildman–Crippen MR) is 123 cm³/mol. The molecule has 0 aliphatic carbocycles. The molecule has 3 rings (SSSR count). The van der Waals surface area contributed by atoms with E-state index in [0.717, 1.165) is 30.5 Å². The van der Waals surface area contributed by atoms with Gasteiger partial charge in [0.15, 0.2) is 0 Å². The highest BCUT2D eigenvalue weighted by Crippen LogP contribution is 2.32. The van der Waals surface area contributed by atoms with Crippen LogP contribution in [0.25, 0.3) is 0 Å². The molecule has 1 aromatic carbocycles. The van der Waals surface area contributed by atoms with Crippen LogP contribution in [0.3, 0.4) is 0 Å². The number of carbonyl (C=O) groups is 3. The summed E-state index contributed by atoms with van der Waals surface area (Å²) in [5.41, 5.74) is 19.0. The van der Waals surface area contributed by atoms with Crippen molar-refractivity contribution in [3.8, 4) is 0 Å². The van der Waals surface area contributed by atoms with Gasteiger partial charge in [0.2, 0.25) is 11.9 Å². The second-order valence-corrected chi connectivity index (χ2v) is 8.37. The van der Waals surface area contributed by atoms with Crippen LogP contribution in [0, 0.1) is 5.92 Å². The summed E-state index contributed by atoms with van der Waals surface area (Å²) >= 11 is 0. The van der Waals surface area contributed by atoms with Crippen molar-refractivity contribution in [2.75, 3.05) is 23.3 Å². The fraction of sp³-hybridized carbons (Fsp3) is 0.409. The van der Waals surface area contributed by atoms with E-state index in [1.807, 2.05) is 12.1 Å². The van der Waals surface area contributed by atoms with E-state index in [9.17, 15) is 19.5 Å². The molecule has 1 aliphatic heterocycles. The van der Waals surface area contributed by atoms with E-state index in [1.165, 1.54) is 0 Å². The largest absolute Gasteiger partial charge is 0.480 e. The Labute approximate surface area is 191 Å². The number of hydrogen-bond donors (Lipinski definition) is 6. The summed E-state index contributed by atoms with van der Waals surface area (Å²) in [6.07, 6.45) is 1.45. The van der Waals surface area contributed by atoms with Crippen molar-refractivity contribution in [1.29, 1.82) is 0 Å². The van der Waals surface area contributed by atoms with E-state index in [2.05, 4.69) is 27.5 Å². The van der Waals surface area contributed by atoms with Crippen molar-refractivity contribution in [1.82, 2.24) is 15.3 Å². The van der Waals surface area contributed by atoms with Gasteiger partial charge >= 0.3 is 5.97 Å². The van der Waals surface area contributed by atoms with E-state index in [0.29, 0.717) is 23.1 Å². The molecule has 2 amide bonds. The number of nitrogens with two attached hydrogens (primary N) is 3. The zero-order valence-corrected chi connectivity index (χ0v) is 18.4. The molecule has 176 valence electrons. The first-order chi connectivity index (χ1) is 15.6. The first-order valence-corrected chi connectivity index (χ1v) is 10.7. The molecule has 0 radical (unpaired) electrons. The lowest BCUT2D eigenvalue weighted by Crippen LogP contribution is -2.41. The summed E-state index contributed by atoms with van der Waals surface area (Å²) < 4.78 is 0. The first-order valence-electron chi connectivity index (χ1n) is 10.7. The summed E-state index contributed by atoms with van der Waals surface area (Å²) in [5.74, 6) is -0.578. The number of primary amides is 1. The lowest BCUT2D eigenvalue weighted by atomic mass is 9.85. The predicted octanol–water partition coefficient (Wildman–Crippen LogP) is 0.868. The minimum Gasteiger partial charge on any atom is -0.480 e. The van der Waals surface area contributed by atoms with Crippen molar-refractivity contribution in [3.63, 3.8) is 0 Å². The average Bonchev–Trinajstić information content (AvgIpc) is 2.76. The van der Waals surface area contributed by atoms with E-state index in [1.54, 1.807) is 12.1 Å². The van der Waals surface area contributed by atoms with Gasteiger partial charge in [-0.15, -0.1) is 0 Å². The second-order valence-electron chi connectivity index (χ2n) is 8.37. The fourth-order valence-electron chi connectivity index (χ4n) is 4.02. The molecule has 2 unspecified atom stereocenters. The van der Waals surface area contributed by atoms with Crippen molar-refractivity contribution < 1.29 is 19.5 Å². The highest BCUT2D eigenvalue weighted by Gasteiger charge is 2.25. The van der Waals surface area contributed by atoms with Gasteiger partial charge in [-0.25, -0.2) is 4.79 Å². The third-order valence-electron chi connectivity index (χ3n) is 5.82. The minimum absolute atomic E-state index is 0.0633. The maximum absolute atomic E-state index is 12.4. The van der Waals surface area contributed by atoms with Gasteiger partial charge in [-0.05, 0) is 48.8 Å². The molecular weight excluding hydrogens is 426 g/mol. The van der Waals surface area contributed by atoms with Crippen LogP contribution in [0.4, 0.5) is 17.6 Å². The maximum Gasteiger partial charge on any atom is 0.326 e. The highest BCUT2D eigenvalue weighted by molar-refractivity contribution is 5.96. The van der Waals surface area contributed by atoms with Crippen molar-refractivity contribution in [2.24, 2.45) is 11.7 Å². The number of rotatable bonds is 9. The topological polar surface area (TPSA) is 199 Å². The van der Waals surface area contributed by atoms with E-state index in [-0.39, 0.29) is 24.7 Å². The number of nitrogens with one attached hydrogen (secondary N) is 2. The number of carboxylic acid groups (broad SMARTS) is 1. The van der Waals surface area contributed by atoms with Crippen molar-refractivity contribution in [3.05, 3.63) is 41.0 Å². The maximum atomic E-state index is 12.4. The normalized spacial score (nSPS) is 16.7. The van der Waals surface area contributed by atoms with Crippen LogP contribution in [0.2, 0.25) is 0 Å². The molecule has 1 aromatic heterocycles.